The van der Waals surface area contributed by atoms with Crippen molar-refractivity contribution in [2.24, 2.45) is 5.92 Å². The highest BCUT2D eigenvalue weighted by molar-refractivity contribution is 5.97. The van der Waals surface area contributed by atoms with E-state index in [1.54, 1.807) is 6.20 Å². The monoisotopic (exact) mass is 270 g/mol. The molecule has 3 rings (SSSR count). The molecule has 1 saturated carbocycles. The molecule has 1 fully saturated rings. The number of aromatic nitrogens is 1. The minimum Gasteiger partial charge on any atom is -0.397 e. The van der Waals surface area contributed by atoms with Crippen LogP contribution in [-0.2, 0) is 4.79 Å². The van der Waals surface area contributed by atoms with Crippen LogP contribution in [0, 0.1) is 5.92 Å². The number of nitrogens with one attached hydrogen (secondary N) is 2. The lowest BCUT2D eigenvalue weighted by Crippen LogP contribution is -2.29. The summed E-state index contributed by atoms with van der Waals surface area (Å²) in [7, 11) is 0. The number of carbonyl (C=O) groups is 1. The Balaban J connectivity index is 1.62. The summed E-state index contributed by atoms with van der Waals surface area (Å²) in [6.07, 6.45) is 3.81. The lowest BCUT2D eigenvalue weighted by atomic mass is 10.1. The fraction of sp³-hybridized carbons (Fsp3) is 0.333. The number of fused-ring (bicyclic) bond motifs is 1. The van der Waals surface area contributed by atoms with E-state index in [1.165, 1.54) is 0 Å². The molecule has 5 heteroatoms. The minimum atomic E-state index is 0.177. The van der Waals surface area contributed by atoms with E-state index in [-0.39, 0.29) is 11.8 Å². The van der Waals surface area contributed by atoms with Gasteiger partial charge in [-0.3, -0.25) is 9.78 Å². The van der Waals surface area contributed by atoms with Crippen LogP contribution >= 0.6 is 0 Å². The average molecular weight is 270 g/mol. The van der Waals surface area contributed by atoms with Crippen molar-refractivity contribution in [3.63, 3.8) is 0 Å². The zero-order chi connectivity index (χ0) is 13.9. The fourth-order valence-corrected chi connectivity index (χ4v) is 2.23. The van der Waals surface area contributed by atoms with Gasteiger partial charge in [-0.1, -0.05) is 12.1 Å². The van der Waals surface area contributed by atoms with Crippen molar-refractivity contribution >= 4 is 28.2 Å². The molecule has 104 valence electrons. The maximum Gasteiger partial charge on any atom is 0.223 e. The maximum absolute atomic E-state index is 11.5. The summed E-state index contributed by atoms with van der Waals surface area (Å²) in [5.41, 5.74) is 8.38. The Kier molecular flexibility index (Phi) is 3.41. The van der Waals surface area contributed by atoms with Gasteiger partial charge in [0.1, 0.15) is 0 Å². The van der Waals surface area contributed by atoms with Gasteiger partial charge in [0.2, 0.25) is 5.91 Å². The highest BCUT2D eigenvalue weighted by Crippen LogP contribution is 2.28. The molecule has 1 heterocycles. The van der Waals surface area contributed by atoms with Gasteiger partial charge in [0.05, 0.1) is 11.2 Å². The maximum atomic E-state index is 11.5. The van der Waals surface area contributed by atoms with Crippen molar-refractivity contribution in [2.45, 2.75) is 12.8 Å². The number of rotatable bonds is 5. The summed E-state index contributed by atoms with van der Waals surface area (Å²) in [5, 5.41) is 7.25. The molecule has 5 nitrogen and oxygen atoms in total. The number of nitrogens with two attached hydrogens (primary N) is 1. The van der Waals surface area contributed by atoms with E-state index in [0.717, 1.165) is 29.4 Å². The van der Waals surface area contributed by atoms with Crippen molar-refractivity contribution in [3.8, 4) is 0 Å². The van der Waals surface area contributed by atoms with Crippen LogP contribution in [-0.4, -0.2) is 24.0 Å². The summed E-state index contributed by atoms with van der Waals surface area (Å²) in [6.45, 7) is 1.31. The van der Waals surface area contributed by atoms with E-state index in [0.29, 0.717) is 18.8 Å². The molecular formula is C15H18N4O. The van der Waals surface area contributed by atoms with Gasteiger partial charge in [0.15, 0.2) is 0 Å². The number of benzene rings is 1. The second-order valence-corrected chi connectivity index (χ2v) is 5.09. The van der Waals surface area contributed by atoms with E-state index in [4.69, 9.17) is 5.73 Å². The van der Waals surface area contributed by atoms with Crippen molar-refractivity contribution in [1.82, 2.24) is 10.3 Å². The molecule has 2 aromatic rings. The number of hydrogen-bond acceptors (Lipinski definition) is 4. The topological polar surface area (TPSA) is 80.0 Å². The van der Waals surface area contributed by atoms with Crippen LogP contribution in [0.25, 0.3) is 10.9 Å². The van der Waals surface area contributed by atoms with Crippen LogP contribution in [0.4, 0.5) is 11.4 Å². The van der Waals surface area contributed by atoms with Crippen molar-refractivity contribution in [3.05, 3.63) is 30.5 Å². The zero-order valence-electron chi connectivity index (χ0n) is 11.2. The molecule has 0 unspecified atom stereocenters. The molecule has 0 atom stereocenters. The second-order valence-electron chi connectivity index (χ2n) is 5.09. The molecule has 20 heavy (non-hydrogen) atoms. The summed E-state index contributed by atoms with van der Waals surface area (Å²) in [4.78, 5) is 15.8. The Morgan fingerprint density at radius 1 is 1.30 bits per heavy atom. The van der Waals surface area contributed by atoms with Gasteiger partial charge >= 0.3 is 0 Å². The SMILES string of the molecule is Nc1cccc2c(NCCNC(=O)C3CC3)ccnc12. The third-order valence-corrected chi connectivity index (χ3v) is 3.49. The van der Waals surface area contributed by atoms with Crippen LogP contribution < -0.4 is 16.4 Å². The number of amides is 1. The van der Waals surface area contributed by atoms with Gasteiger partial charge < -0.3 is 16.4 Å². The van der Waals surface area contributed by atoms with Crippen LogP contribution in [0.3, 0.4) is 0 Å². The number of pyridine rings is 1. The second kappa shape index (κ2) is 5.36. The number of nitrogens with zero attached hydrogens (tertiary/aromatic N) is 1. The van der Waals surface area contributed by atoms with E-state index < -0.39 is 0 Å². The van der Waals surface area contributed by atoms with Crippen molar-refractivity contribution in [1.29, 1.82) is 0 Å². The van der Waals surface area contributed by atoms with Gasteiger partial charge in [-0.2, -0.15) is 0 Å². The quantitative estimate of drug-likeness (QED) is 0.571. The molecule has 0 aliphatic heterocycles. The first-order valence-electron chi connectivity index (χ1n) is 6.90. The zero-order valence-corrected chi connectivity index (χ0v) is 11.2. The predicted octanol–water partition coefficient (Wildman–Crippen LogP) is 1.76. The Labute approximate surface area is 117 Å². The lowest BCUT2D eigenvalue weighted by molar-refractivity contribution is -0.122. The first kappa shape index (κ1) is 12.7. The number of carbonyl (C=O) groups excluding carboxylic acids is 1. The number of para-hydroxylation sites is 1. The van der Waals surface area contributed by atoms with Gasteiger partial charge in [0.25, 0.3) is 0 Å². The smallest absolute Gasteiger partial charge is 0.223 e. The van der Waals surface area contributed by atoms with E-state index >= 15 is 0 Å². The van der Waals surface area contributed by atoms with E-state index in [9.17, 15) is 4.79 Å². The van der Waals surface area contributed by atoms with Gasteiger partial charge in [0, 0.05) is 36.3 Å². The molecule has 0 saturated heterocycles. The largest absolute Gasteiger partial charge is 0.397 e. The molecule has 1 aliphatic rings. The highest BCUT2D eigenvalue weighted by atomic mass is 16.2. The molecule has 1 aliphatic carbocycles. The minimum absolute atomic E-state index is 0.177. The molecule has 1 aromatic heterocycles. The van der Waals surface area contributed by atoms with Crippen LogP contribution in [0.15, 0.2) is 30.5 Å². The Hall–Kier alpha value is -2.30. The number of hydrogen-bond donors (Lipinski definition) is 3. The first-order valence-corrected chi connectivity index (χ1v) is 6.90. The third kappa shape index (κ3) is 2.66. The normalized spacial score (nSPS) is 14.2. The van der Waals surface area contributed by atoms with Crippen molar-refractivity contribution < 1.29 is 4.79 Å². The summed E-state index contributed by atoms with van der Waals surface area (Å²) in [5.74, 6) is 0.437. The Morgan fingerprint density at radius 2 is 2.15 bits per heavy atom. The molecule has 1 aromatic carbocycles. The third-order valence-electron chi connectivity index (χ3n) is 3.49. The molecule has 1 amide bonds. The van der Waals surface area contributed by atoms with E-state index in [1.807, 2.05) is 24.3 Å². The molecule has 4 N–H and O–H groups in total. The molecule has 0 bridgehead atoms. The summed E-state index contributed by atoms with van der Waals surface area (Å²) < 4.78 is 0. The predicted molar refractivity (Wildman–Crippen MR) is 80.4 cm³/mol. The van der Waals surface area contributed by atoms with Crippen LogP contribution in [0.2, 0.25) is 0 Å². The van der Waals surface area contributed by atoms with Gasteiger partial charge in [-0.05, 0) is 25.0 Å². The van der Waals surface area contributed by atoms with Crippen LogP contribution in [0.5, 0.6) is 0 Å². The average Bonchev–Trinajstić information content (AvgIpc) is 3.29. The van der Waals surface area contributed by atoms with Gasteiger partial charge in [-0.15, -0.1) is 0 Å². The Bertz CT molecular complexity index is 637. The van der Waals surface area contributed by atoms with Crippen molar-refractivity contribution in [2.75, 3.05) is 24.1 Å². The highest BCUT2D eigenvalue weighted by Gasteiger charge is 2.28. The summed E-state index contributed by atoms with van der Waals surface area (Å²) in [6, 6.07) is 7.67. The first-order chi connectivity index (χ1) is 9.75. The standard InChI is InChI=1S/C15H18N4O/c16-12-3-1-2-11-13(6-7-18-14(11)12)17-8-9-19-15(20)10-4-5-10/h1-3,6-7,10H,4-5,8-9,16H2,(H,17,18)(H,19,20). The lowest BCUT2D eigenvalue weighted by Gasteiger charge is -2.11. The molecular weight excluding hydrogens is 252 g/mol. The summed E-state index contributed by atoms with van der Waals surface area (Å²) >= 11 is 0. The number of nitrogen functional groups attached to an aromatic ring is 1. The Morgan fingerprint density at radius 3 is 2.95 bits per heavy atom. The molecule has 0 spiro atoms. The van der Waals surface area contributed by atoms with Gasteiger partial charge in [-0.25, -0.2) is 0 Å². The fourth-order valence-electron chi connectivity index (χ4n) is 2.23. The molecule has 0 radical (unpaired) electrons. The van der Waals surface area contributed by atoms with E-state index in [2.05, 4.69) is 15.6 Å². The van der Waals surface area contributed by atoms with Crippen LogP contribution in [0.1, 0.15) is 12.8 Å². The number of anilines is 2.